The summed E-state index contributed by atoms with van der Waals surface area (Å²) in [6.07, 6.45) is 1.11. The molecule has 0 saturated heterocycles. The molecule has 1 unspecified atom stereocenters. The summed E-state index contributed by atoms with van der Waals surface area (Å²) in [4.78, 5) is 2.30. The van der Waals surface area contributed by atoms with E-state index in [9.17, 15) is 0 Å². The van der Waals surface area contributed by atoms with Gasteiger partial charge in [-0.2, -0.15) is 0 Å². The zero-order valence-corrected chi connectivity index (χ0v) is 9.18. The van der Waals surface area contributed by atoms with Crippen molar-refractivity contribution in [3.8, 4) is 0 Å². The normalized spacial score (nSPS) is 12.8. The minimum absolute atomic E-state index is 0.678. The lowest BCUT2D eigenvalue weighted by Crippen LogP contribution is -2.24. The van der Waals surface area contributed by atoms with Crippen LogP contribution in [0, 0.1) is 5.92 Å². The van der Waals surface area contributed by atoms with Crippen molar-refractivity contribution in [1.29, 1.82) is 0 Å². The standard InChI is InChI=1S/C10H18N2S/c1-9(5-6-11)8-12(2)10-4-3-7-13-10/h3-4,7,9H,5-6,8,11H2,1-2H3. The van der Waals surface area contributed by atoms with Crippen molar-refractivity contribution in [2.24, 2.45) is 11.7 Å². The van der Waals surface area contributed by atoms with E-state index in [4.69, 9.17) is 5.73 Å². The molecule has 1 rings (SSSR count). The molecule has 1 aromatic heterocycles. The summed E-state index contributed by atoms with van der Waals surface area (Å²) in [5, 5.41) is 3.45. The molecule has 0 saturated carbocycles. The second kappa shape index (κ2) is 5.25. The molecule has 0 spiro atoms. The van der Waals surface area contributed by atoms with E-state index in [1.165, 1.54) is 5.00 Å². The van der Waals surface area contributed by atoms with Crippen LogP contribution in [-0.4, -0.2) is 20.1 Å². The molecular formula is C10H18N2S. The molecule has 0 fully saturated rings. The van der Waals surface area contributed by atoms with Crippen LogP contribution in [0.3, 0.4) is 0 Å². The minimum atomic E-state index is 0.678. The minimum Gasteiger partial charge on any atom is -0.366 e. The van der Waals surface area contributed by atoms with Gasteiger partial charge in [0.25, 0.3) is 0 Å². The predicted octanol–water partition coefficient (Wildman–Crippen LogP) is 2.17. The SMILES string of the molecule is CC(CCN)CN(C)c1cccs1. The molecule has 1 aromatic rings. The first-order valence-corrected chi connectivity index (χ1v) is 5.56. The zero-order chi connectivity index (χ0) is 9.68. The molecule has 0 bridgehead atoms. The average molecular weight is 198 g/mol. The fourth-order valence-electron chi connectivity index (χ4n) is 1.42. The Morgan fingerprint density at radius 2 is 2.38 bits per heavy atom. The average Bonchev–Trinajstić information content (AvgIpc) is 2.55. The van der Waals surface area contributed by atoms with Gasteiger partial charge >= 0.3 is 0 Å². The number of nitrogens with zero attached hydrogens (tertiary/aromatic N) is 1. The molecule has 1 atom stereocenters. The number of anilines is 1. The second-order valence-electron chi connectivity index (χ2n) is 3.51. The number of hydrogen-bond donors (Lipinski definition) is 1. The summed E-state index contributed by atoms with van der Waals surface area (Å²) < 4.78 is 0. The Bertz CT molecular complexity index is 221. The molecule has 0 aliphatic rings. The maximum Gasteiger partial charge on any atom is 0.0905 e. The monoisotopic (exact) mass is 198 g/mol. The van der Waals surface area contributed by atoms with Gasteiger partial charge in [-0.25, -0.2) is 0 Å². The molecule has 0 aliphatic carbocycles. The van der Waals surface area contributed by atoms with Crippen molar-refractivity contribution in [3.05, 3.63) is 17.5 Å². The molecular weight excluding hydrogens is 180 g/mol. The summed E-state index contributed by atoms with van der Waals surface area (Å²) in [7, 11) is 2.14. The quantitative estimate of drug-likeness (QED) is 0.785. The predicted molar refractivity (Wildman–Crippen MR) is 60.4 cm³/mol. The number of nitrogens with two attached hydrogens (primary N) is 1. The third-order valence-corrected chi connectivity index (χ3v) is 3.11. The second-order valence-corrected chi connectivity index (χ2v) is 4.44. The van der Waals surface area contributed by atoms with Crippen molar-refractivity contribution in [1.82, 2.24) is 0 Å². The van der Waals surface area contributed by atoms with Crippen LogP contribution in [0.5, 0.6) is 0 Å². The van der Waals surface area contributed by atoms with E-state index in [-0.39, 0.29) is 0 Å². The Labute approximate surface area is 84.4 Å². The molecule has 1 heterocycles. The third-order valence-electron chi connectivity index (χ3n) is 2.13. The molecule has 0 aromatic carbocycles. The van der Waals surface area contributed by atoms with Crippen LogP contribution < -0.4 is 10.6 Å². The zero-order valence-electron chi connectivity index (χ0n) is 8.36. The summed E-state index contributed by atoms with van der Waals surface area (Å²) in [5.74, 6) is 0.678. The van der Waals surface area contributed by atoms with Crippen LogP contribution in [-0.2, 0) is 0 Å². The van der Waals surface area contributed by atoms with Crippen molar-refractivity contribution in [2.45, 2.75) is 13.3 Å². The lowest BCUT2D eigenvalue weighted by molar-refractivity contribution is 0.541. The molecule has 3 heteroatoms. The lowest BCUT2D eigenvalue weighted by atomic mass is 10.1. The maximum atomic E-state index is 5.51. The molecule has 0 amide bonds. The van der Waals surface area contributed by atoms with E-state index in [0.717, 1.165) is 19.5 Å². The van der Waals surface area contributed by atoms with E-state index in [1.54, 1.807) is 11.3 Å². The summed E-state index contributed by atoms with van der Waals surface area (Å²) >= 11 is 1.79. The van der Waals surface area contributed by atoms with Gasteiger partial charge in [0.15, 0.2) is 0 Å². The van der Waals surface area contributed by atoms with Gasteiger partial charge in [-0.1, -0.05) is 6.92 Å². The third kappa shape index (κ3) is 3.36. The van der Waals surface area contributed by atoms with Gasteiger partial charge in [0.2, 0.25) is 0 Å². The first kappa shape index (κ1) is 10.5. The Kier molecular flexibility index (Phi) is 4.25. The van der Waals surface area contributed by atoms with Gasteiger partial charge < -0.3 is 10.6 Å². The molecule has 0 aliphatic heterocycles. The highest BCUT2D eigenvalue weighted by molar-refractivity contribution is 7.14. The number of rotatable bonds is 5. The highest BCUT2D eigenvalue weighted by atomic mass is 32.1. The van der Waals surface area contributed by atoms with Crippen LogP contribution in [0.2, 0.25) is 0 Å². The van der Waals surface area contributed by atoms with Crippen LogP contribution in [0.1, 0.15) is 13.3 Å². The maximum absolute atomic E-state index is 5.51. The van der Waals surface area contributed by atoms with Crippen LogP contribution in [0.15, 0.2) is 17.5 Å². The largest absolute Gasteiger partial charge is 0.366 e. The molecule has 0 radical (unpaired) electrons. The Morgan fingerprint density at radius 3 is 2.92 bits per heavy atom. The van der Waals surface area contributed by atoms with Crippen molar-refractivity contribution in [2.75, 3.05) is 25.0 Å². The lowest BCUT2D eigenvalue weighted by Gasteiger charge is -2.21. The van der Waals surface area contributed by atoms with Gasteiger partial charge in [0.05, 0.1) is 5.00 Å². The number of thiophene rings is 1. The van der Waals surface area contributed by atoms with E-state index >= 15 is 0 Å². The van der Waals surface area contributed by atoms with Crippen LogP contribution in [0.25, 0.3) is 0 Å². The van der Waals surface area contributed by atoms with Gasteiger partial charge in [0.1, 0.15) is 0 Å². The van der Waals surface area contributed by atoms with Gasteiger partial charge in [0, 0.05) is 13.6 Å². The highest BCUT2D eigenvalue weighted by Gasteiger charge is 2.06. The first-order valence-electron chi connectivity index (χ1n) is 4.68. The first-order chi connectivity index (χ1) is 6.24. The fourth-order valence-corrected chi connectivity index (χ4v) is 2.13. The van der Waals surface area contributed by atoms with Gasteiger partial charge in [-0.3, -0.25) is 0 Å². The van der Waals surface area contributed by atoms with E-state index in [1.807, 2.05) is 0 Å². The molecule has 2 N–H and O–H groups in total. The number of hydrogen-bond acceptors (Lipinski definition) is 3. The summed E-state index contributed by atoms with van der Waals surface area (Å²) in [6.45, 7) is 4.13. The fraction of sp³-hybridized carbons (Fsp3) is 0.600. The molecule has 2 nitrogen and oxygen atoms in total. The summed E-state index contributed by atoms with van der Waals surface area (Å²) in [6, 6.07) is 4.24. The van der Waals surface area contributed by atoms with Crippen LogP contribution in [0.4, 0.5) is 5.00 Å². The van der Waals surface area contributed by atoms with Crippen molar-refractivity contribution in [3.63, 3.8) is 0 Å². The summed E-state index contributed by atoms with van der Waals surface area (Å²) in [5.41, 5.74) is 5.51. The Balaban J connectivity index is 2.37. The smallest absolute Gasteiger partial charge is 0.0905 e. The highest BCUT2D eigenvalue weighted by Crippen LogP contribution is 2.20. The topological polar surface area (TPSA) is 29.3 Å². The van der Waals surface area contributed by atoms with Crippen LogP contribution >= 0.6 is 11.3 Å². The van der Waals surface area contributed by atoms with Gasteiger partial charge in [-0.15, -0.1) is 11.3 Å². The Hall–Kier alpha value is -0.540. The molecule has 74 valence electrons. The Morgan fingerprint density at radius 1 is 1.62 bits per heavy atom. The van der Waals surface area contributed by atoms with Crippen molar-refractivity contribution < 1.29 is 0 Å². The van der Waals surface area contributed by atoms with Crippen molar-refractivity contribution >= 4 is 16.3 Å². The molecule has 13 heavy (non-hydrogen) atoms. The van der Waals surface area contributed by atoms with E-state index in [2.05, 4.69) is 36.4 Å². The van der Waals surface area contributed by atoms with E-state index in [0.29, 0.717) is 5.92 Å². The van der Waals surface area contributed by atoms with Gasteiger partial charge in [-0.05, 0) is 36.4 Å². The van der Waals surface area contributed by atoms with E-state index < -0.39 is 0 Å².